The van der Waals surface area contributed by atoms with Crippen molar-refractivity contribution in [3.8, 4) is 0 Å². The average Bonchev–Trinajstić information content (AvgIpc) is 2.40. The van der Waals surface area contributed by atoms with Crippen LogP contribution < -0.4 is 16.9 Å². The molecule has 18 heavy (non-hydrogen) atoms. The summed E-state index contributed by atoms with van der Waals surface area (Å²) < 4.78 is 13.4. The van der Waals surface area contributed by atoms with Crippen LogP contribution >= 0.6 is 0 Å². The zero-order chi connectivity index (χ0) is 13.4. The first-order valence-corrected chi connectivity index (χ1v) is 5.59. The van der Waals surface area contributed by atoms with Crippen LogP contribution in [0.15, 0.2) is 47.8 Å². The lowest BCUT2D eigenvalue weighted by Crippen LogP contribution is -2.19. The summed E-state index contributed by atoms with van der Waals surface area (Å²) in [6.45, 7) is 2.42. The van der Waals surface area contributed by atoms with Gasteiger partial charge in [-0.3, -0.25) is 4.84 Å². The lowest BCUT2D eigenvalue weighted by Gasteiger charge is -2.13. The highest BCUT2D eigenvalue weighted by atomic mass is 19.1. The van der Waals surface area contributed by atoms with E-state index >= 15 is 0 Å². The SMILES string of the molecule is C/C=C(NCc1ccccc1F)\C(=C/N)CON. The largest absolute Gasteiger partial charge is 0.404 e. The van der Waals surface area contributed by atoms with Crippen molar-refractivity contribution in [1.82, 2.24) is 5.32 Å². The molecule has 0 aliphatic heterocycles. The van der Waals surface area contributed by atoms with Gasteiger partial charge in [-0.25, -0.2) is 10.3 Å². The van der Waals surface area contributed by atoms with Crippen molar-refractivity contribution in [3.63, 3.8) is 0 Å². The maximum atomic E-state index is 13.4. The Bertz CT molecular complexity index is 444. The summed E-state index contributed by atoms with van der Waals surface area (Å²) in [6, 6.07) is 6.59. The molecule has 0 fully saturated rings. The second-order valence-corrected chi connectivity index (χ2v) is 3.65. The van der Waals surface area contributed by atoms with E-state index in [-0.39, 0.29) is 12.4 Å². The summed E-state index contributed by atoms with van der Waals surface area (Å²) in [5.41, 5.74) is 7.56. The number of allylic oxidation sites excluding steroid dienone is 1. The van der Waals surface area contributed by atoms with Crippen LogP contribution in [0.2, 0.25) is 0 Å². The molecular formula is C13H18FN3O. The molecule has 5 heteroatoms. The van der Waals surface area contributed by atoms with Crippen LogP contribution in [0.4, 0.5) is 4.39 Å². The van der Waals surface area contributed by atoms with Gasteiger partial charge in [0.15, 0.2) is 0 Å². The van der Waals surface area contributed by atoms with Gasteiger partial charge in [0.1, 0.15) is 5.82 Å². The molecule has 0 radical (unpaired) electrons. The molecular weight excluding hydrogens is 233 g/mol. The Morgan fingerprint density at radius 2 is 2.17 bits per heavy atom. The Morgan fingerprint density at radius 1 is 1.44 bits per heavy atom. The van der Waals surface area contributed by atoms with Crippen LogP contribution in [0.5, 0.6) is 0 Å². The van der Waals surface area contributed by atoms with Crippen LogP contribution in [0.3, 0.4) is 0 Å². The van der Waals surface area contributed by atoms with E-state index in [0.717, 1.165) is 11.3 Å². The quantitative estimate of drug-likeness (QED) is 0.530. The van der Waals surface area contributed by atoms with E-state index in [1.165, 1.54) is 12.3 Å². The van der Waals surface area contributed by atoms with Crippen molar-refractivity contribution < 1.29 is 9.23 Å². The van der Waals surface area contributed by atoms with Gasteiger partial charge in [0.05, 0.1) is 6.61 Å². The molecule has 0 amide bonds. The zero-order valence-electron chi connectivity index (χ0n) is 10.3. The van der Waals surface area contributed by atoms with Crippen LogP contribution in [-0.2, 0) is 11.4 Å². The fraction of sp³-hybridized carbons (Fsp3) is 0.231. The van der Waals surface area contributed by atoms with Crippen molar-refractivity contribution in [2.45, 2.75) is 13.5 Å². The first-order valence-electron chi connectivity index (χ1n) is 5.59. The predicted molar refractivity (Wildman–Crippen MR) is 69.4 cm³/mol. The van der Waals surface area contributed by atoms with E-state index in [9.17, 15) is 4.39 Å². The minimum absolute atomic E-state index is 0.195. The average molecular weight is 251 g/mol. The van der Waals surface area contributed by atoms with Gasteiger partial charge >= 0.3 is 0 Å². The molecule has 0 saturated heterocycles. The molecule has 4 nitrogen and oxygen atoms in total. The van der Waals surface area contributed by atoms with Gasteiger partial charge in [-0.15, -0.1) is 0 Å². The molecule has 98 valence electrons. The molecule has 1 aromatic rings. The van der Waals surface area contributed by atoms with E-state index < -0.39 is 0 Å². The van der Waals surface area contributed by atoms with E-state index in [1.54, 1.807) is 18.2 Å². The summed E-state index contributed by atoms with van der Waals surface area (Å²) in [6.07, 6.45) is 3.25. The smallest absolute Gasteiger partial charge is 0.128 e. The predicted octanol–water partition coefficient (Wildman–Crippen LogP) is 1.55. The number of hydrogen-bond acceptors (Lipinski definition) is 4. The fourth-order valence-electron chi connectivity index (χ4n) is 1.54. The third-order valence-electron chi connectivity index (χ3n) is 2.50. The van der Waals surface area contributed by atoms with Crippen LogP contribution in [0.1, 0.15) is 12.5 Å². The third kappa shape index (κ3) is 3.87. The lowest BCUT2D eigenvalue weighted by molar-refractivity contribution is 0.161. The lowest BCUT2D eigenvalue weighted by atomic mass is 10.1. The summed E-state index contributed by atoms with van der Waals surface area (Å²) in [7, 11) is 0. The Labute approximate surface area is 106 Å². The number of hydrogen-bond donors (Lipinski definition) is 3. The summed E-state index contributed by atoms with van der Waals surface area (Å²) in [5, 5.41) is 3.10. The van der Waals surface area contributed by atoms with Crippen molar-refractivity contribution in [3.05, 3.63) is 59.2 Å². The molecule has 0 heterocycles. The third-order valence-corrected chi connectivity index (χ3v) is 2.50. The monoisotopic (exact) mass is 251 g/mol. The number of halogens is 1. The van der Waals surface area contributed by atoms with Crippen LogP contribution in [0.25, 0.3) is 0 Å². The van der Waals surface area contributed by atoms with Crippen LogP contribution in [-0.4, -0.2) is 6.61 Å². The highest BCUT2D eigenvalue weighted by molar-refractivity contribution is 5.29. The maximum absolute atomic E-state index is 13.4. The Kier molecular flexibility index (Phi) is 5.90. The second kappa shape index (κ2) is 7.47. The number of nitrogens with one attached hydrogen (secondary N) is 1. The van der Waals surface area contributed by atoms with Crippen molar-refractivity contribution in [1.29, 1.82) is 0 Å². The normalized spacial score (nSPS) is 12.6. The zero-order valence-corrected chi connectivity index (χ0v) is 10.3. The van der Waals surface area contributed by atoms with E-state index in [0.29, 0.717) is 12.1 Å². The topological polar surface area (TPSA) is 73.3 Å². The first-order chi connectivity index (χ1) is 8.72. The molecule has 0 aliphatic rings. The van der Waals surface area contributed by atoms with Gasteiger partial charge in [-0.1, -0.05) is 24.3 Å². The van der Waals surface area contributed by atoms with Crippen molar-refractivity contribution in [2.75, 3.05) is 6.61 Å². The summed E-state index contributed by atoms with van der Waals surface area (Å²) >= 11 is 0. The Hall–Kier alpha value is -1.85. The van der Waals surface area contributed by atoms with Gasteiger partial charge in [0.25, 0.3) is 0 Å². The van der Waals surface area contributed by atoms with E-state index in [1.807, 2.05) is 13.0 Å². The molecule has 0 bridgehead atoms. The maximum Gasteiger partial charge on any atom is 0.128 e. The summed E-state index contributed by atoms with van der Waals surface area (Å²) in [5.74, 6) is 4.78. The minimum Gasteiger partial charge on any atom is -0.404 e. The molecule has 0 unspecified atom stereocenters. The molecule has 0 aliphatic carbocycles. The van der Waals surface area contributed by atoms with Gasteiger partial charge in [-0.2, -0.15) is 0 Å². The van der Waals surface area contributed by atoms with Crippen molar-refractivity contribution in [2.24, 2.45) is 11.6 Å². The van der Waals surface area contributed by atoms with Gasteiger partial charge in [-0.05, 0) is 13.0 Å². The Morgan fingerprint density at radius 3 is 2.72 bits per heavy atom. The molecule has 0 atom stereocenters. The fourth-order valence-corrected chi connectivity index (χ4v) is 1.54. The molecule has 0 spiro atoms. The van der Waals surface area contributed by atoms with Gasteiger partial charge in [0, 0.05) is 29.6 Å². The summed E-state index contributed by atoms with van der Waals surface area (Å²) in [4.78, 5) is 4.55. The molecule has 5 N–H and O–H groups in total. The number of nitrogens with two attached hydrogens (primary N) is 2. The van der Waals surface area contributed by atoms with Gasteiger partial charge in [0.2, 0.25) is 0 Å². The number of benzene rings is 1. The minimum atomic E-state index is -0.242. The highest BCUT2D eigenvalue weighted by Crippen LogP contribution is 2.10. The molecule has 0 aromatic heterocycles. The number of rotatable bonds is 6. The molecule has 1 rings (SSSR count). The first kappa shape index (κ1) is 14.2. The Balaban J connectivity index is 2.69. The highest BCUT2D eigenvalue weighted by Gasteiger charge is 2.05. The molecule has 0 saturated carbocycles. The van der Waals surface area contributed by atoms with Gasteiger partial charge < -0.3 is 11.1 Å². The van der Waals surface area contributed by atoms with E-state index in [2.05, 4.69) is 10.2 Å². The van der Waals surface area contributed by atoms with E-state index in [4.69, 9.17) is 11.6 Å². The van der Waals surface area contributed by atoms with Crippen LogP contribution in [0, 0.1) is 5.82 Å². The van der Waals surface area contributed by atoms with Crippen molar-refractivity contribution >= 4 is 0 Å². The standard InChI is InChI=1S/C13H18FN3O/c1-2-13(11(7-15)9-18-16)17-8-10-5-3-4-6-12(10)14/h2-7,17H,8-9,15-16H2,1H3/b11-7-,13-2+. The second-order valence-electron chi connectivity index (χ2n) is 3.65. The molecule has 1 aromatic carbocycles.